The summed E-state index contributed by atoms with van der Waals surface area (Å²) >= 11 is 0. The van der Waals surface area contributed by atoms with Gasteiger partial charge in [-0.25, -0.2) is 9.48 Å². The number of allylic oxidation sites excluding steroid dienone is 1. The number of ether oxygens (including phenoxy) is 2. The third-order valence-electron chi connectivity index (χ3n) is 8.76. The van der Waals surface area contributed by atoms with Gasteiger partial charge >= 0.3 is 6.16 Å². The molecule has 2 aromatic carbocycles. The van der Waals surface area contributed by atoms with Gasteiger partial charge in [0.25, 0.3) is 0 Å². The predicted octanol–water partition coefficient (Wildman–Crippen LogP) is 6.38. The van der Waals surface area contributed by atoms with E-state index in [9.17, 15) is 9.90 Å². The highest BCUT2D eigenvalue weighted by Crippen LogP contribution is 2.47. The molecule has 40 heavy (non-hydrogen) atoms. The van der Waals surface area contributed by atoms with E-state index in [1.165, 1.54) is 36.1 Å². The molecule has 0 unspecified atom stereocenters. The molecule has 0 bridgehead atoms. The minimum Gasteiger partial charge on any atom is -0.449 e. The quantitative estimate of drug-likeness (QED) is 0.232. The zero-order valence-corrected chi connectivity index (χ0v) is 22.5. The van der Waals surface area contributed by atoms with E-state index in [1.54, 1.807) is 6.07 Å². The number of benzene rings is 2. The minimum absolute atomic E-state index is 0.322. The smallest absolute Gasteiger partial charge is 0.449 e. The Morgan fingerprint density at radius 3 is 2.70 bits per heavy atom. The highest BCUT2D eigenvalue weighted by Gasteiger charge is 2.30. The van der Waals surface area contributed by atoms with Gasteiger partial charge in [0.05, 0.1) is 17.8 Å². The van der Waals surface area contributed by atoms with Crippen LogP contribution in [0.25, 0.3) is 33.8 Å². The molecule has 9 heteroatoms. The van der Waals surface area contributed by atoms with Gasteiger partial charge in [-0.3, -0.25) is 0 Å². The van der Waals surface area contributed by atoms with Crippen molar-refractivity contribution in [2.45, 2.75) is 64.0 Å². The topological polar surface area (TPSA) is 104 Å². The van der Waals surface area contributed by atoms with E-state index in [-0.39, 0.29) is 0 Å². The van der Waals surface area contributed by atoms with E-state index in [1.807, 2.05) is 16.8 Å². The van der Waals surface area contributed by atoms with Crippen LogP contribution in [0.2, 0.25) is 0 Å². The fourth-order valence-electron chi connectivity index (χ4n) is 6.89. The molecule has 9 nitrogen and oxygen atoms in total. The van der Waals surface area contributed by atoms with Gasteiger partial charge in [0.2, 0.25) is 0 Å². The number of aromatic nitrogens is 5. The highest BCUT2D eigenvalue weighted by molar-refractivity contribution is 5.98. The molecule has 4 heterocycles. The van der Waals surface area contributed by atoms with Gasteiger partial charge < -0.3 is 19.1 Å². The third-order valence-corrected chi connectivity index (χ3v) is 8.76. The molecule has 0 amide bonds. The average molecular weight is 540 g/mol. The van der Waals surface area contributed by atoms with Gasteiger partial charge in [-0.1, -0.05) is 43.5 Å². The molecule has 3 aliphatic rings. The SMILES string of the molecule is O=C(O)Oc1ccc2c(C3CCCCC3)c3n(c2c1)CC(c1nnnn1CC1CCOCC1)=Cc1ccccc1-3. The van der Waals surface area contributed by atoms with Crippen LogP contribution in [0.15, 0.2) is 42.5 Å². The maximum Gasteiger partial charge on any atom is 0.511 e. The molecule has 1 saturated carbocycles. The molecule has 2 fully saturated rings. The second kappa shape index (κ2) is 10.5. The first-order chi connectivity index (χ1) is 19.7. The van der Waals surface area contributed by atoms with Crippen LogP contribution in [-0.2, 0) is 17.8 Å². The number of nitrogens with zero attached hydrogens (tertiary/aromatic N) is 5. The van der Waals surface area contributed by atoms with E-state index in [0.717, 1.165) is 73.3 Å². The Kier molecular flexibility index (Phi) is 6.59. The number of carbonyl (C=O) groups is 1. The summed E-state index contributed by atoms with van der Waals surface area (Å²) in [5, 5.41) is 23.5. The molecule has 1 saturated heterocycles. The summed E-state index contributed by atoms with van der Waals surface area (Å²) in [4.78, 5) is 11.4. The molecule has 2 aromatic heterocycles. The fourth-order valence-corrected chi connectivity index (χ4v) is 6.89. The van der Waals surface area contributed by atoms with E-state index in [4.69, 9.17) is 9.47 Å². The standard InChI is InChI=1S/C31H33N5O4/c37-31(38)40-24-10-11-26-27(17-24)35-19-23(30-32-33-34-36(30)18-20-12-14-39-15-13-20)16-22-8-4-5-9-25(22)29(35)28(26)21-6-2-1-3-7-21/h4-5,8-11,16-17,20-21H,1-3,6-7,12-15,18-19H2,(H,37,38). The van der Waals surface area contributed by atoms with Crippen LogP contribution in [0.4, 0.5) is 4.79 Å². The number of rotatable bonds is 5. The van der Waals surface area contributed by atoms with Crippen molar-refractivity contribution in [3.63, 3.8) is 0 Å². The predicted molar refractivity (Wildman–Crippen MR) is 151 cm³/mol. The van der Waals surface area contributed by atoms with Crippen molar-refractivity contribution in [1.29, 1.82) is 0 Å². The number of carboxylic acid groups (broad SMARTS) is 1. The van der Waals surface area contributed by atoms with Gasteiger partial charge in [0.1, 0.15) is 5.75 Å². The van der Waals surface area contributed by atoms with Gasteiger partial charge in [-0.2, -0.15) is 0 Å². The first kappa shape index (κ1) is 25.0. The third kappa shape index (κ3) is 4.58. The molecule has 1 aliphatic carbocycles. The molecule has 206 valence electrons. The van der Waals surface area contributed by atoms with E-state index < -0.39 is 6.16 Å². The lowest BCUT2D eigenvalue weighted by molar-refractivity contribution is 0.0598. The lowest BCUT2D eigenvalue weighted by Gasteiger charge is -2.24. The molecular weight excluding hydrogens is 506 g/mol. The first-order valence-corrected chi connectivity index (χ1v) is 14.4. The van der Waals surface area contributed by atoms with Gasteiger partial charge in [-0.15, -0.1) is 5.10 Å². The van der Waals surface area contributed by atoms with Crippen LogP contribution in [0, 0.1) is 5.92 Å². The van der Waals surface area contributed by atoms with Gasteiger partial charge in [0.15, 0.2) is 5.82 Å². The Balaban J connectivity index is 1.40. The summed E-state index contributed by atoms with van der Waals surface area (Å²) < 4.78 is 15.0. The normalized spacial score (nSPS) is 18.1. The zero-order chi connectivity index (χ0) is 27.1. The Bertz CT molecular complexity index is 1590. The Morgan fingerprint density at radius 2 is 1.88 bits per heavy atom. The number of hydrogen-bond donors (Lipinski definition) is 1. The molecule has 2 aliphatic heterocycles. The number of hydrogen-bond acceptors (Lipinski definition) is 6. The summed E-state index contributed by atoms with van der Waals surface area (Å²) in [5.74, 6) is 2.02. The molecular formula is C31H33N5O4. The molecule has 1 N–H and O–H groups in total. The molecule has 0 radical (unpaired) electrons. The summed E-state index contributed by atoms with van der Waals surface area (Å²) in [6.45, 7) is 2.88. The summed E-state index contributed by atoms with van der Waals surface area (Å²) in [6.07, 6.45) is 8.97. The maximum absolute atomic E-state index is 11.4. The van der Waals surface area contributed by atoms with Crippen LogP contribution < -0.4 is 4.74 Å². The van der Waals surface area contributed by atoms with Crippen molar-refractivity contribution in [2.75, 3.05) is 13.2 Å². The van der Waals surface area contributed by atoms with Crippen molar-refractivity contribution in [1.82, 2.24) is 24.8 Å². The van der Waals surface area contributed by atoms with Crippen molar-refractivity contribution >= 4 is 28.7 Å². The lowest BCUT2D eigenvalue weighted by atomic mass is 9.81. The maximum atomic E-state index is 11.4. The highest BCUT2D eigenvalue weighted by atomic mass is 16.7. The van der Waals surface area contributed by atoms with Crippen LogP contribution in [0.5, 0.6) is 5.75 Å². The van der Waals surface area contributed by atoms with Crippen LogP contribution >= 0.6 is 0 Å². The minimum atomic E-state index is -1.31. The molecule has 0 atom stereocenters. The monoisotopic (exact) mass is 539 g/mol. The van der Waals surface area contributed by atoms with Crippen LogP contribution in [0.3, 0.4) is 0 Å². The van der Waals surface area contributed by atoms with Crippen molar-refractivity contribution < 1.29 is 19.4 Å². The second-order valence-electron chi connectivity index (χ2n) is 11.2. The second-order valence-corrected chi connectivity index (χ2v) is 11.2. The zero-order valence-electron chi connectivity index (χ0n) is 22.5. The average Bonchev–Trinajstić information content (AvgIpc) is 3.51. The summed E-state index contributed by atoms with van der Waals surface area (Å²) in [7, 11) is 0. The molecule has 0 spiro atoms. The summed E-state index contributed by atoms with van der Waals surface area (Å²) in [5.41, 5.74) is 6.89. The Morgan fingerprint density at radius 1 is 1.05 bits per heavy atom. The van der Waals surface area contributed by atoms with Gasteiger partial charge in [-0.05, 0) is 77.3 Å². The number of tetrazole rings is 1. The number of fused-ring (bicyclic) bond motifs is 5. The van der Waals surface area contributed by atoms with Crippen molar-refractivity contribution in [3.05, 3.63) is 59.4 Å². The lowest BCUT2D eigenvalue weighted by Crippen LogP contribution is -2.22. The van der Waals surface area contributed by atoms with Crippen molar-refractivity contribution in [2.24, 2.45) is 5.92 Å². The largest absolute Gasteiger partial charge is 0.511 e. The fraction of sp³-hybridized carbons (Fsp3) is 0.419. The summed E-state index contributed by atoms with van der Waals surface area (Å²) in [6, 6.07) is 14.2. The van der Waals surface area contributed by atoms with Crippen molar-refractivity contribution in [3.8, 4) is 17.0 Å². The Hall–Kier alpha value is -3.98. The van der Waals surface area contributed by atoms with Crippen LogP contribution in [0.1, 0.15) is 67.8 Å². The molecule has 7 rings (SSSR count). The first-order valence-electron chi connectivity index (χ1n) is 14.4. The van der Waals surface area contributed by atoms with E-state index in [2.05, 4.69) is 50.4 Å². The molecule has 4 aromatic rings. The van der Waals surface area contributed by atoms with E-state index >= 15 is 0 Å². The van der Waals surface area contributed by atoms with Crippen LogP contribution in [-0.4, -0.2) is 49.3 Å². The Labute approximate surface area is 232 Å². The van der Waals surface area contributed by atoms with E-state index in [0.29, 0.717) is 24.1 Å². The van der Waals surface area contributed by atoms with Gasteiger partial charge in [0, 0.05) is 42.3 Å².